The predicted molar refractivity (Wildman–Crippen MR) is 83.2 cm³/mol. The fourth-order valence-electron chi connectivity index (χ4n) is 2.42. The van der Waals surface area contributed by atoms with Gasteiger partial charge in [0.15, 0.2) is 0 Å². The lowest BCUT2D eigenvalue weighted by Gasteiger charge is -2.34. The van der Waals surface area contributed by atoms with Gasteiger partial charge in [0.05, 0.1) is 18.3 Å². The zero-order chi connectivity index (χ0) is 15.4. The molecular weight excluding hydrogens is 280 g/mol. The van der Waals surface area contributed by atoms with Gasteiger partial charge in [0, 0.05) is 44.3 Å². The molecule has 114 valence electrons. The zero-order valence-electron chi connectivity index (χ0n) is 12.2. The van der Waals surface area contributed by atoms with Gasteiger partial charge in [-0.05, 0) is 18.2 Å². The average molecular weight is 298 g/mol. The highest BCUT2D eigenvalue weighted by molar-refractivity contribution is 5.78. The van der Waals surface area contributed by atoms with E-state index in [2.05, 4.69) is 19.9 Å². The average Bonchev–Trinajstić information content (AvgIpc) is 2.58. The number of hydrogen-bond acceptors (Lipinski definition) is 6. The Bertz CT molecular complexity index is 622. The summed E-state index contributed by atoms with van der Waals surface area (Å²) in [6, 6.07) is 5.35. The van der Waals surface area contributed by atoms with Crippen LogP contribution in [0.15, 0.2) is 36.8 Å². The third-order valence-electron chi connectivity index (χ3n) is 3.65. The van der Waals surface area contributed by atoms with Crippen LogP contribution in [0.1, 0.15) is 5.69 Å². The molecule has 1 saturated heterocycles. The maximum Gasteiger partial charge on any atom is 0.228 e. The lowest BCUT2D eigenvalue weighted by molar-refractivity contribution is -0.130. The summed E-state index contributed by atoms with van der Waals surface area (Å²) in [6.45, 7) is 2.83. The van der Waals surface area contributed by atoms with Gasteiger partial charge >= 0.3 is 0 Å². The van der Waals surface area contributed by atoms with Gasteiger partial charge < -0.3 is 15.5 Å². The number of aromatic nitrogens is 3. The number of nitrogen functional groups attached to an aromatic ring is 1. The van der Waals surface area contributed by atoms with E-state index < -0.39 is 0 Å². The molecule has 0 bridgehead atoms. The molecule has 1 aliphatic heterocycles. The second-order valence-corrected chi connectivity index (χ2v) is 5.18. The quantitative estimate of drug-likeness (QED) is 0.879. The van der Waals surface area contributed by atoms with Gasteiger partial charge in [0.2, 0.25) is 11.9 Å². The highest BCUT2D eigenvalue weighted by Crippen LogP contribution is 2.11. The highest BCUT2D eigenvalue weighted by atomic mass is 16.2. The van der Waals surface area contributed by atoms with Gasteiger partial charge in [-0.25, -0.2) is 9.97 Å². The number of amides is 1. The molecule has 0 radical (unpaired) electrons. The Kier molecular flexibility index (Phi) is 4.13. The number of carbonyl (C=O) groups is 1. The van der Waals surface area contributed by atoms with Gasteiger partial charge in [0.1, 0.15) is 0 Å². The van der Waals surface area contributed by atoms with Crippen molar-refractivity contribution in [1.29, 1.82) is 0 Å². The van der Waals surface area contributed by atoms with E-state index in [0.717, 1.165) is 24.7 Å². The van der Waals surface area contributed by atoms with Gasteiger partial charge in [-0.15, -0.1) is 0 Å². The predicted octanol–water partition coefficient (Wildman–Crippen LogP) is 0.345. The molecule has 2 aromatic heterocycles. The molecule has 2 N–H and O–H groups in total. The fourth-order valence-corrected chi connectivity index (χ4v) is 2.42. The molecule has 1 amide bonds. The van der Waals surface area contributed by atoms with Crippen molar-refractivity contribution in [2.75, 3.05) is 36.8 Å². The van der Waals surface area contributed by atoms with Gasteiger partial charge in [-0.1, -0.05) is 0 Å². The van der Waals surface area contributed by atoms with Crippen LogP contribution in [0, 0.1) is 0 Å². The minimum atomic E-state index is 0.0888. The molecule has 7 nitrogen and oxygen atoms in total. The first-order chi connectivity index (χ1) is 10.7. The molecule has 7 heteroatoms. The Morgan fingerprint density at radius 2 is 1.82 bits per heavy atom. The van der Waals surface area contributed by atoms with Crippen molar-refractivity contribution in [1.82, 2.24) is 19.9 Å². The number of nitrogens with two attached hydrogens (primary N) is 1. The summed E-state index contributed by atoms with van der Waals surface area (Å²) in [5.74, 6) is 0.806. The van der Waals surface area contributed by atoms with E-state index in [9.17, 15) is 4.79 Å². The summed E-state index contributed by atoms with van der Waals surface area (Å²) in [4.78, 5) is 28.9. The second kappa shape index (κ2) is 6.38. The van der Waals surface area contributed by atoms with E-state index in [1.165, 1.54) is 0 Å². The first-order valence-electron chi connectivity index (χ1n) is 7.22. The van der Waals surface area contributed by atoms with Crippen molar-refractivity contribution in [2.45, 2.75) is 6.42 Å². The van der Waals surface area contributed by atoms with Crippen LogP contribution in [0.4, 0.5) is 11.6 Å². The Morgan fingerprint density at radius 3 is 2.45 bits per heavy atom. The topological polar surface area (TPSA) is 88.2 Å². The monoisotopic (exact) mass is 298 g/mol. The number of hydrogen-bond donors (Lipinski definition) is 1. The summed E-state index contributed by atoms with van der Waals surface area (Å²) < 4.78 is 0. The van der Waals surface area contributed by atoms with Crippen molar-refractivity contribution < 1.29 is 4.79 Å². The first-order valence-corrected chi connectivity index (χ1v) is 7.22. The van der Waals surface area contributed by atoms with Crippen LogP contribution in [-0.2, 0) is 11.2 Å². The third kappa shape index (κ3) is 3.30. The number of pyridine rings is 1. The van der Waals surface area contributed by atoms with E-state index in [0.29, 0.717) is 25.2 Å². The number of anilines is 2. The highest BCUT2D eigenvalue weighted by Gasteiger charge is 2.22. The fraction of sp³-hybridized carbons (Fsp3) is 0.333. The lowest BCUT2D eigenvalue weighted by atomic mass is 10.2. The van der Waals surface area contributed by atoms with E-state index in [-0.39, 0.29) is 5.91 Å². The van der Waals surface area contributed by atoms with Crippen LogP contribution in [0.2, 0.25) is 0 Å². The molecule has 0 aromatic carbocycles. The minimum Gasteiger partial charge on any atom is -0.397 e. The summed E-state index contributed by atoms with van der Waals surface area (Å²) in [5, 5.41) is 0. The van der Waals surface area contributed by atoms with Crippen molar-refractivity contribution in [2.24, 2.45) is 0 Å². The molecule has 0 atom stereocenters. The van der Waals surface area contributed by atoms with Crippen LogP contribution in [0.3, 0.4) is 0 Å². The van der Waals surface area contributed by atoms with E-state index in [4.69, 9.17) is 5.73 Å². The van der Waals surface area contributed by atoms with Crippen LogP contribution in [0.25, 0.3) is 0 Å². The maximum absolute atomic E-state index is 12.3. The van der Waals surface area contributed by atoms with Crippen molar-refractivity contribution in [3.8, 4) is 0 Å². The first kappa shape index (κ1) is 14.2. The summed E-state index contributed by atoms with van der Waals surface area (Å²) >= 11 is 0. The minimum absolute atomic E-state index is 0.0888. The Morgan fingerprint density at radius 1 is 1.09 bits per heavy atom. The van der Waals surface area contributed by atoms with Gasteiger partial charge in [-0.3, -0.25) is 9.78 Å². The smallest absolute Gasteiger partial charge is 0.228 e. The Hall–Kier alpha value is -2.70. The van der Waals surface area contributed by atoms with Crippen LogP contribution in [-0.4, -0.2) is 51.9 Å². The lowest BCUT2D eigenvalue weighted by Crippen LogP contribution is -2.49. The SMILES string of the molecule is Nc1ccc(CC(=O)N2CCN(c3ncccn3)CC2)nc1. The summed E-state index contributed by atoms with van der Waals surface area (Å²) in [6.07, 6.45) is 5.34. The molecule has 0 aliphatic carbocycles. The number of nitrogens with zero attached hydrogens (tertiary/aromatic N) is 5. The third-order valence-corrected chi connectivity index (χ3v) is 3.65. The molecule has 1 fully saturated rings. The van der Waals surface area contributed by atoms with Gasteiger partial charge in [-0.2, -0.15) is 0 Å². The standard InChI is InChI=1S/C15H18N6O/c16-12-2-3-13(19-11-12)10-14(22)20-6-8-21(9-7-20)15-17-4-1-5-18-15/h1-5,11H,6-10,16H2. The van der Waals surface area contributed by atoms with Crippen LogP contribution >= 0.6 is 0 Å². The van der Waals surface area contributed by atoms with Crippen molar-refractivity contribution >= 4 is 17.5 Å². The number of rotatable bonds is 3. The molecule has 0 unspecified atom stereocenters. The van der Waals surface area contributed by atoms with Crippen LogP contribution < -0.4 is 10.6 Å². The van der Waals surface area contributed by atoms with E-state index in [1.54, 1.807) is 36.8 Å². The molecule has 2 aromatic rings. The zero-order valence-corrected chi connectivity index (χ0v) is 12.2. The molecule has 1 aliphatic rings. The van der Waals surface area contributed by atoms with E-state index in [1.807, 2.05) is 4.90 Å². The normalized spacial score (nSPS) is 14.9. The molecular formula is C15H18N6O. The maximum atomic E-state index is 12.3. The number of piperazine rings is 1. The van der Waals surface area contributed by atoms with E-state index >= 15 is 0 Å². The van der Waals surface area contributed by atoms with Crippen molar-refractivity contribution in [3.05, 3.63) is 42.5 Å². The number of carbonyl (C=O) groups excluding carboxylic acids is 1. The van der Waals surface area contributed by atoms with Gasteiger partial charge in [0.25, 0.3) is 0 Å². The Balaban J connectivity index is 1.54. The summed E-state index contributed by atoms with van der Waals surface area (Å²) in [5.41, 5.74) is 6.94. The molecule has 0 spiro atoms. The van der Waals surface area contributed by atoms with Crippen molar-refractivity contribution in [3.63, 3.8) is 0 Å². The molecule has 3 heterocycles. The van der Waals surface area contributed by atoms with Crippen LogP contribution in [0.5, 0.6) is 0 Å². The second-order valence-electron chi connectivity index (χ2n) is 5.18. The molecule has 3 rings (SSSR count). The largest absolute Gasteiger partial charge is 0.397 e. The Labute approximate surface area is 128 Å². The molecule has 0 saturated carbocycles. The molecule has 22 heavy (non-hydrogen) atoms. The summed E-state index contributed by atoms with van der Waals surface area (Å²) in [7, 11) is 0.